The Morgan fingerprint density at radius 1 is 0.424 bits per heavy atom. The molecule has 0 atom stereocenters. The summed E-state index contributed by atoms with van der Waals surface area (Å²) in [7, 11) is 0. The van der Waals surface area contributed by atoms with Gasteiger partial charge in [-0.3, -0.25) is 4.57 Å². The van der Waals surface area contributed by atoms with Crippen LogP contribution in [0.4, 0.5) is 22.7 Å². The van der Waals surface area contributed by atoms with Gasteiger partial charge >= 0.3 is 0 Å². The molecule has 0 fully saturated rings. The van der Waals surface area contributed by atoms with Gasteiger partial charge in [0.2, 0.25) is 0 Å². The molecule has 8 aromatic rings. The third kappa shape index (κ3) is 8.27. The maximum Gasteiger partial charge on any atom is 0.137 e. The zero-order valence-corrected chi connectivity index (χ0v) is 41.8. The number of nitrogens with zero attached hydrogens (tertiary/aromatic N) is 4. The van der Waals surface area contributed by atoms with Gasteiger partial charge in [0.05, 0.1) is 22.4 Å². The van der Waals surface area contributed by atoms with Crippen LogP contribution in [0.3, 0.4) is 0 Å². The monoisotopic (exact) mass is 873 g/mol. The van der Waals surface area contributed by atoms with Crippen LogP contribution in [0.15, 0.2) is 146 Å². The summed E-state index contributed by atoms with van der Waals surface area (Å²) < 4.78 is 9.43. The van der Waals surface area contributed by atoms with Crippen LogP contribution in [0, 0.1) is 0 Å². The molecule has 6 aromatic carbocycles. The highest BCUT2D eigenvalue weighted by atomic mass is 16.5. The van der Waals surface area contributed by atoms with E-state index < -0.39 is 0 Å². The molecule has 0 spiro atoms. The van der Waals surface area contributed by atoms with Gasteiger partial charge in [-0.05, 0) is 122 Å². The summed E-state index contributed by atoms with van der Waals surface area (Å²) in [5.41, 5.74) is 14.1. The maximum absolute atomic E-state index is 7.14. The van der Waals surface area contributed by atoms with E-state index in [1.165, 1.54) is 55.8 Å². The summed E-state index contributed by atoms with van der Waals surface area (Å²) in [6.07, 6.45) is 1.94. The topological polar surface area (TPSA) is 33.5 Å². The predicted octanol–water partition coefficient (Wildman–Crippen LogP) is 16.7. The number of hydrogen-bond donors (Lipinski definition) is 0. The second-order valence-corrected chi connectivity index (χ2v) is 23.2. The average molecular weight is 873 g/mol. The molecule has 5 heteroatoms. The molecule has 0 unspecified atom stereocenters. The Morgan fingerprint density at radius 2 is 1.00 bits per heavy atom. The van der Waals surface area contributed by atoms with Crippen LogP contribution in [-0.2, 0) is 27.1 Å². The second-order valence-electron chi connectivity index (χ2n) is 23.2. The fourth-order valence-corrected chi connectivity index (χ4v) is 9.71. The molecular weight excluding hydrogens is 805 g/mol. The van der Waals surface area contributed by atoms with Crippen molar-refractivity contribution in [2.24, 2.45) is 0 Å². The SMILES string of the molecule is CC(C)(C)c1cccc(N2CN(c3cc(Oc4ccc5c6ccccc6n(-c6cc(C(C)(C)C)ccn6)c5c4)cc(C(C)(C)c4ccccc4)c3)c3cc(C(C)(C)C)c(C(C)(C)C)cc32)c1. The van der Waals surface area contributed by atoms with Crippen molar-refractivity contribution in [3.8, 4) is 17.3 Å². The fraction of sp³-hybridized carbons (Fsp3) is 0.328. The number of ether oxygens (including phenoxy) is 1. The Morgan fingerprint density at radius 3 is 1.65 bits per heavy atom. The molecule has 3 heterocycles. The van der Waals surface area contributed by atoms with Crippen LogP contribution in [-0.4, -0.2) is 16.2 Å². The van der Waals surface area contributed by atoms with Gasteiger partial charge in [-0.25, -0.2) is 4.98 Å². The molecule has 9 rings (SSSR count). The van der Waals surface area contributed by atoms with Gasteiger partial charge < -0.3 is 14.5 Å². The smallest absolute Gasteiger partial charge is 0.137 e. The number of hydrogen-bond acceptors (Lipinski definition) is 4. The molecule has 0 bridgehead atoms. The number of rotatable bonds is 7. The van der Waals surface area contributed by atoms with Crippen LogP contribution in [0.2, 0.25) is 0 Å². The number of aromatic nitrogens is 2. The van der Waals surface area contributed by atoms with E-state index in [1.807, 2.05) is 6.20 Å². The zero-order valence-electron chi connectivity index (χ0n) is 41.8. The Bertz CT molecular complexity index is 3110. The van der Waals surface area contributed by atoms with E-state index in [0.717, 1.165) is 39.4 Å². The van der Waals surface area contributed by atoms with Crippen LogP contribution >= 0.6 is 0 Å². The summed E-state index contributed by atoms with van der Waals surface area (Å²) in [4.78, 5) is 9.97. The predicted molar refractivity (Wildman–Crippen MR) is 280 cm³/mol. The quantitative estimate of drug-likeness (QED) is 0.160. The average Bonchev–Trinajstić information content (AvgIpc) is 3.81. The minimum Gasteiger partial charge on any atom is -0.457 e. The first-order valence-corrected chi connectivity index (χ1v) is 23.7. The number of fused-ring (bicyclic) bond motifs is 4. The first-order valence-electron chi connectivity index (χ1n) is 23.7. The van der Waals surface area contributed by atoms with E-state index in [2.05, 4.69) is 251 Å². The third-order valence-corrected chi connectivity index (χ3v) is 13.8. The normalized spacial score (nSPS) is 13.8. The highest BCUT2D eigenvalue weighted by Gasteiger charge is 2.36. The standard InChI is InChI=1S/C61H68N4O/c1-57(2,3)41-23-20-24-44(31-41)63-39-64(55-38-51(60(10,11)12)50(37-54(55)63)59(7,8)9)45-32-43(61(13,14)40-21-16-15-17-22-40)33-47(35-45)66-46-27-28-49-48-25-18-19-26-52(48)65(53(49)36-46)56-34-42(29-30-62-56)58(4,5)6/h15-38H,39H2,1-14H3. The van der Waals surface area contributed by atoms with Crippen molar-refractivity contribution in [1.82, 2.24) is 9.55 Å². The molecule has 0 aliphatic carbocycles. The van der Waals surface area contributed by atoms with Gasteiger partial charge in [0.15, 0.2) is 0 Å². The lowest BCUT2D eigenvalue weighted by atomic mass is 9.74. The summed E-state index contributed by atoms with van der Waals surface area (Å²) in [6.45, 7) is 33.0. The Labute approximate surface area is 394 Å². The van der Waals surface area contributed by atoms with Crippen molar-refractivity contribution < 1.29 is 4.74 Å². The number of para-hydroxylation sites is 1. The molecule has 0 amide bonds. The molecule has 0 saturated heterocycles. The third-order valence-electron chi connectivity index (χ3n) is 13.8. The lowest BCUT2D eigenvalue weighted by Gasteiger charge is -2.32. The van der Waals surface area contributed by atoms with E-state index in [4.69, 9.17) is 9.72 Å². The summed E-state index contributed by atoms with van der Waals surface area (Å²) in [5.74, 6) is 2.46. The van der Waals surface area contributed by atoms with Crippen LogP contribution in [0.25, 0.3) is 27.6 Å². The summed E-state index contributed by atoms with van der Waals surface area (Å²) in [6, 6.07) is 51.3. The van der Waals surface area contributed by atoms with Crippen LogP contribution in [0.1, 0.15) is 130 Å². The van der Waals surface area contributed by atoms with Gasteiger partial charge in [-0.15, -0.1) is 0 Å². The van der Waals surface area contributed by atoms with Crippen molar-refractivity contribution in [3.05, 3.63) is 179 Å². The second kappa shape index (κ2) is 15.9. The molecule has 0 N–H and O–H groups in total. The van der Waals surface area contributed by atoms with Crippen molar-refractivity contribution >= 4 is 44.6 Å². The van der Waals surface area contributed by atoms with Crippen molar-refractivity contribution in [2.75, 3.05) is 16.5 Å². The van der Waals surface area contributed by atoms with E-state index in [-0.39, 0.29) is 27.1 Å². The molecular formula is C61H68N4O. The largest absolute Gasteiger partial charge is 0.457 e. The van der Waals surface area contributed by atoms with Crippen LogP contribution < -0.4 is 14.5 Å². The lowest BCUT2D eigenvalue weighted by Crippen LogP contribution is -2.25. The van der Waals surface area contributed by atoms with Gasteiger partial charge in [0.1, 0.15) is 24.0 Å². The molecule has 0 radical (unpaired) electrons. The minimum atomic E-state index is -0.328. The number of benzene rings is 6. The van der Waals surface area contributed by atoms with E-state index in [9.17, 15) is 0 Å². The molecule has 338 valence electrons. The highest BCUT2D eigenvalue weighted by Crippen LogP contribution is 2.51. The zero-order chi connectivity index (χ0) is 47.1. The van der Waals surface area contributed by atoms with Gasteiger partial charge in [-0.1, -0.05) is 158 Å². The molecule has 0 saturated carbocycles. The Balaban J connectivity index is 1.23. The van der Waals surface area contributed by atoms with Crippen molar-refractivity contribution in [2.45, 2.75) is 124 Å². The van der Waals surface area contributed by atoms with E-state index in [1.54, 1.807) is 0 Å². The van der Waals surface area contributed by atoms with E-state index >= 15 is 0 Å². The molecule has 66 heavy (non-hydrogen) atoms. The van der Waals surface area contributed by atoms with Crippen LogP contribution in [0.5, 0.6) is 11.5 Å². The number of pyridine rings is 1. The maximum atomic E-state index is 7.14. The first-order chi connectivity index (χ1) is 31.0. The van der Waals surface area contributed by atoms with E-state index in [0.29, 0.717) is 6.67 Å². The van der Waals surface area contributed by atoms with Crippen molar-refractivity contribution in [3.63, 3.8) is 0 Å². The molecule has 2 aromatic heterocycles. The summed E-state index contributed by atoms with van der Waals surface area (Å²) >= 11 is 0. The Hall–Kier alpha value is -6.33. The molecule has 5 nitrogen and oxygen atoms in total. The number of anilines is 4. The molecule has 1 aliphatic heterocycles. The summed E-state index contributed by atoms with van der Waals surface area (Å²) in [5, 5.41) is 2.35. The highest BCUT2D eigenvalue weighted by molar-refractivity contribution is 6.09. The molecule has 1 aliphatic rings. The van der Waals surface area contributed by atoms with Crippen molar-refractivity contribution in [1.29, 1.82) is 0 Å². The van der Waals surface area contributed by atoms with Gasteiger partial charge in [0.25, 0.3) is 0 Å². The van der Waals surface area contributed by atoms with Gasteiger partial charge in [0, 0.05) is 45.9 Å². The van der Waals surface area contributed by atoms with Gasteiger partial charge in [-0.2, -0.15) is 0 Å². The lowest BCUT2D eigenvalue weighted by molar-refractivity contribution is 0.480. The first kappa shape index (κ1) is 44.9. The Kier molecular flexibility index (Phi) is 10.8. The minimum absolute atomic E-state index is 0.0128. The fourth-order valence-electron chi connectivity index (χ4n) is 9.71.